The van der Waals surface area contributed by atoms with Gasteiger partial charge in [0.25, 0.3) is 0 Å². The first-order valence-electron chi connectivity index (χ1n) is 48.4. The number of nitrogens with zero attached hydrogens (tertiary/aromatic N) is 11. The minimum absolute atomic E-state index is 0.0609. The van der Waals surface area contributed by atoms with Crippen molar-refractivity contribution in [3.63, 3.8) is 0 Å². The van der Waals surface area contributed by atoms with E-state index in [1.807, 2.05) is 116 Å². The molecule has 0 spiro atoms. The van der Waals surface area contributed by atoms with E-state index in [1.54, 1.807) is 36.4 Å². The van der Waals surface area contributed by atoms with Gasteiger partial charge in [0.05, 0.1) is 137 Å². The maximum Gasteiger partial charge on any atom is 0.407 e. The van der Waals surface area contributed by atoms with E-state index >= 15 is 0 Å². The van der Waals surface area contributed by atoms with E-state index in [9.17, 15) is 38.4 Å². The number of likely N-dealkylation sites (tertiary alicyclic amines) is 4. The van der Waals surface area contributed by atoms with Crippen molar-refractivity contribution in [3.8, 4) is 113 Å². The SMILES string of the molecule is COC(=O)N[C@H](C(=O)N1CCC[C@H]1c1ncc(-c2ccc(-c3c(OC)c(OC)c(-c4ccc(-c5cnc([C@@H]6CCCN6C(=O)[C@@H](NC(=O)OC)C(C)C)[nH]5)cc4)n3-c3ccc(C(C)(C)C)cc3)cc2)[nH]1)C(C)C.COC(=O)N[C@H](C(=O)N1CCC[C@H]1c1ncc(-c2ccc(-c3ccc(-c4ccc(-c5cnc([C@@H]6CCCN6C(=O)[C@@H](NC(=O)OC)C(C)C)[nH]5)cc4)n3-c3ccc(N(C)C)cc3)cc2)[nH]1)C(C)C. The second-order valence-electron chi connectivity index (χ2n) is 39.0. The zero-order valence-electron chi connectivity index (χ0n) is 83.9. The van der Waals surface area contributed by atoms with Crippen molar-refractivity contribution in [2.45, 2.75) is 181 Å². The number of rotatable bonds is 29. The highest BCUT2D eigenvalue weighted by atomic mass is 16.6. The van der Waals surface area contributed by atoms with Crippen LogP contribution in [-0.4, -0.2) is 224 Å². The second-order valence-corrected chi connectivity index (χ2v) is 39.0. The Balaban J connectivity index is 0.000000213. The molecule has 0 radical (unpaired) electrons. The smallest absolute Gasteiger partial charge is 0.407 e. The summed E-state index contributed by atoms with van der Waals surface area (Å²) in [6, 6.07) is 50.8. The largest absolute Gasteiger partial charge is 0.491 e. The van der Waals surface area contributed by atoms with Crippen LogP contribution >= 0.6 is 0 Å². The molecule has 6 aromatic carbocycles. The molecule has 33 nitrogen and oxygen atoms in total. The zero-order valence-corrected chi connectivity index (χ0v) is 83.9. The van der Waals surface area contributed by atoms with Gasteiger partial charge in [-0.3, -0.25) is 19.2 Å². The van der Waals surface area contributed by atoms with E-state index in [0.717, 1.165) is 158 Å². The maximum atomic E-state index is 13.8. The molecule has 4 fully saturated rings. The number of methoxy groups -OCH3 is 6. The number of H-pyrrole nitrogens is 4. The second kappa shape index (κ2) is 43.6. The zero-order chi connectivity index (χ0) is 101. The number of aromatic nitrogens is 10. The fourth-order valence-electron chi connectivity index (χ4n) is 19.5. The van der Waals surface area contributed by atoms with Gasteiger partial charge in [-0.1, -0.05) is 185 Å². The molecular weight excluding hydrogens is 1790 g/mol. The summed E-state index contributed by atoms with van der Waals surface area (Å²) in [5.41, 5.74) is 18.7. The Labute approximate surface area is 823 Å². The Bertz CT molecular complexity index is 6070. The summed E-state index contributed by atoms with van der Waals surface area (Å²) >= 11 is 0. The van der Waals surface area contributed by atoms with E-state index in [-0.39, 0.29) is 76.9 Å². The molecule has 742 valence electrons. The lowest BCUT2D eigenvalue weighted by molar-refractivity contribution is -0.136. The average molecular weight is 1920 g/mol. The lowest BCUT2D eigenvalue weighted by Gasteiger charge is -2.30. The van der Waals surface area contributed by atoms with Crippen molar-refractivity contribution < 1.29 is 66.8 Å². The number of imidazole rings is 4. The number of hydrogen-bond acceptors (Lipinski definition) is 19. The predicted molar refractivity (Wildman–Crippen MR) is 541 cm³/mol. The molecule has 4 saturated heterocycles. The number of hydrogen-bond donors (Lipinski definition) is 8. The third-order valence-corrected chi connectivity index (χ3v) is 27.3. The standard InChI is InChI=1S/C56H69N9O8.C52H62N10O6/c1-32(2)44(61-54(68)72-10)52(66)63-28-12-14-42(63)50-57-30-40(59-50)34-16-20-36(21-17-34)46-48(70-8)49(71-9)47(65(46)39-26-24-38(25-27-39)56(5,6)7)37-22-18-35(19-23-37)41-31-58-51(60-41)43-15-13-29-64(43)53(67)45(33(3)4)62-55(69)73-11;1-31(2)45(57-51(65)67-7)49(63)60-27-9-11-43(60)47-53-29-39(55-47)33-13-17-35(18-14-33)41-25-26-42(62(41)38-23-21-37(22-24-38)59(5)6)36-19-15-34(16-20-36)40-30-54-48(56-40)44-12-10-28-61(44)50(64)46(32(3)4)58-52(66)68-8/h16-27,30-33,42-45H,12-15,28-29H2,1-11H3,(H,57,59)(H,58,60)(H,61,68)(H,62,69);13-26,29-32,43-46H,9-12,27-28H2,1-8H3,(H,53,55)(H,54,56)(H,57,65)(H,58,66)/t42-,43-,44-,45-;43-,44-,45-,46-/m00/s1. The molecule has 16 rings (SSSR count). The Kier molecular flexibility index (Phi) is 31.1. The van der Waals surface area contributed by atoms with Crippen LogP contribution in [0.4, 0.5) is 24.9 Å². The number of carbonyl (C=O) groups excluding carboxylic acids is 8. The number of nitrogens with one attached hydrogen (secondary N) is 8. The van der Waals surface area contributed by atoms with E-state index < -0.39 is 48.5 Å². The highest BCUT2D eigenvalue weighted by Crippen LogP contribution is 2.51. The van der Waals surface area contributed by atoms with Crippen molar-refractivity contribution in [2.75, 3.05) is 87.8 Å². The van der Waals surface area contributed by atoms with Gasteiger partial charge in [-0.05, 0) is 168 Å². The van der Waals surface area contributed by atoms with Crippen LogP contribution in [0.3, 0.4) is 0 Å². The Morgan fingerprint density at radius 3 is 0.830 bits per heavy atom. The van der Waals surface area contributed by atoms with Gasteiger partial charge >= 0.3 is 24.4 Å². The van der Waals surface area contributed by atoms with Gasteiger partial charge < -0.3 is 103 Å². The van der Waals surface area contributed by atoms with Gasteiger partial charge in [0.2, 0.25) is 23.6 Å². The lowest BCUT2D eigenvalue weighted by Crippen LogP contribution is -2.51. The molecular formula is C108H131N19O14. The molecule has 141 heavy (non-hydrogen) atoms. The molecule has 0 bridgehead atoms. The third-order valence-electron chi connectivity index (χ3n) is 27.3. The molecule has 6 aromatic heterocycles. The first-order chi connectivity index (χ1) is 67.7. The van der Waals surface area contributed by atoms with Crippen LogP contribution in [0, 0.1) is 23.7 Å². The summed E-state index contributed by atoms with van der Waals surface area (Å²) in [6.45, 7) is 24.1. The average Bonchev–Trinajstić information content (AvgIpc) is 1.58. The lowest BCUT2D eigenvalue weighted by atomic mass is 9.87. The number of aromatic amines is 4. The molecule has 4 aliphatic heterocycles. The van der Waals surface area contributed by atoms with E-state index in [1.165, 1.54) is 34.0 Å². The maximum absolute atomic E-state index is 13.8. The first kappa shape index (κ1) is 101. The number of alkyl carbamates (subject to hydrolysis) is 4. The molecule has 0 saturated carbocycles. The summed E-state index contributed by atoms with van der Waals surface area (Å²) in [5.74, 6) is 2.81. The third kappa shape index (κ3) is 21.6. The Morgan fingerprint density at radius 2 is 0.589 bits per heavy atom. The normalized spacial score (nSPS) is 16.7. The van der Waals surface area contributed by atoms with Crippen LogP contribution in [-0.2, 0) is 43.5 Å². The van der Waals surface area contributed by atoms with Crippen LogP contribution in [0.25, 0.3) is 101 Å². The summed E-state index contributed by atoms with van der Waals surface area (Å²) in [4.78, 5) is 146. The Hall–Kier alpha value is -14.9. The minimum atomic E-state index is -0.727. The van der Waals surface area contributed by atoms with E-state index in [2.05, 4.69) is 209 Å². The number of amides is 8. The summed E-state index contributed by atoms with van der Waals surface area (Å²) in [7, 11) is 12.5. The van der Waals surface area contributed by atoms with Crippen molar-refractivity contribution in [1.29, 1.82) is 0 Å². The van der Waals surface area contributed by atoms with Crippen LogP contribution in [0.15, 0.2) is 183 Å². The number of ether oxygens (including phenoxy) is 6. The Morgan fingerprint density at radius 1 is 0.340 bits per heavy atom. The topological polar surface area (TPSA) is 381 Å². The quantitative estimate of drug-likeness (QED) is 0.0202. The fraction of sp³-hybridized carbons (Fsp3) is 0.407. The monoisotopic (exact) mass is 1920 g/mol. The van der Waals surface area contributed by atoms with Crippen LogP contribution in [0.5, 0.6) is 11.5 Å². The molecule has 8 amide bonds. The van der Waals surface area contributed by atoms with Crippen molar-refractivity contribution in [3.05, 3.63) is 211 Å². The molecule has 12 aromatic rings. The fourth-order valence-corrected chi connectivity index (χ4v) is 19.5. The van der Waals surface area contributed by atoms with Gasteiger partial charge in [-0.25, -0.2) is 39.1 Å². The van der Waals surface area contributed by atoms with Gasteiger partial charge in [0.1, 0.15) is 47.5 Å². The molecule has 8 N–H and O–H groups in total. The molecule has 0 unspecified atom stereocenters. The van der Waals surface area contributed by atoms with E-state index in [4.69, 9.17) is 48.4 Å². The molecule has 33 heteroatoms. The van der Waals surface area contributed by atoms with Gasteiger partial charge in [0, 0.05) is 68.5 Å². The van der Waals surface area contributed by atoms with Crippen LogP contribution in [0.1, 0.15) is 181 Å². The van der Waals surface area contributed by atoms with Gasteiger partial charge in [0.15, 0.2) is 11.5 Å². The number of carbonyl (C=O) groups is 8. The summed E-state index contributed by atoms with van der Waals surface area (Å²) in [5, 5.41) is 10.9. The first-order valence-corrected chi connectivity index (χ1v) is 48.4. The van der Waals surface area contributed by atoms with Crippen LogP contribution in [0.2, 0.25) is 0 Å². The van der Waals surface area contributed by atoms with Gasteiger partial charge in [-0.15, -0.1) is 0 Å². The number of benzene rings is 6. The highest BCUT2D eigenvalue weighted by molar-refractivity contribution is 5.91. The molecule has 10 heterocycles. The highest BCUT2D eigenvalue weighted by Gasteiger charge is 2.43. The van der Waals surface area contributed by atoms with Gasteiger partial charge in [-0.2, -0.15) is 0 Å². The molecule has 8 atom stereocenters. The van der Waals surface area contributed by atoms with Crippen molar-refractivity contribution >= 4 is 53.7 Å². The van der Waals surface area contributed by atoms with Crippen LogP contribution < -0.4 is 35.6 Å². The molecule has 0 aliphatic carbocycles. The van der Waals surface area contributed by atoms with Crippen molar-refractivity contribution in [1.82, 2.24) is 89.9 Å². The molecule has 4 aliphatic rings. The summed E-state index contributed by atoms with van der Waals surface area (Å²) in [6.07, 6.45) is 11.0. The van der Waals surface area contributed by atoms with Crippen molar-refractivity contribution in [2.24, 2.45) is 23.7 Å². The van der Waals surface area contributed by atoms with E-state index in [0.29, 0.717) is 61.0 Å². The number of anilines is 1. The minimum Gasteiger partial charge on any atom is -0.491 e. The summed E-state index contributed by atoms with van der Waals surface area (Å²) < 4.78 is 36.2. The predicted octanol–water partition coefficient (Wildman–Crippen LogP) is 18.7.